The normalized spacial score (nSPS) is 17.6. The van der Waals surface area contributed by atoms with Crippen molar-refractivity contribution in [1.29, 1.82) is 0 Å². The number of guanidine groups is 1. The van der Waals surface area contributed by atoms with Gasteiger partial charge < -0.3 is 10.6 Å². The Hall–Kier alpha value is -1.40. The molecule has 2 N–H and O–H groups in total. The summed E-state index contributed by atoms with van der Waals surface area (Å²) in [5, 5.41) is 10.2. The van der Waals surface area contributed by atoms with Gasteiger partial charge in [-0.2, -0.15) is 0 Å². The van der Waals surface area contributed by atoms with Crippen molar-refractivity contribution in [3.05, 3.63) is 28.2 Å². The number of aromatic nitrogens is 1. The molecule has 0 spiro atoms. The van der Waals surface area contributed by atoms with Crippen molar-refractivity contribution in [2.75, 3.05) is 26.7 Å². The molecule has 1 saturated heterocycles. The van der Waals surface area contributed by atoms with E-state index in [-0.39, 0.29) is 5.41 Å². The predicted molar refractivity (Wildman–Crippen MR) is 108 cm³/mol. The Morgan fingerprint density at radius 2 is 2.08 bits per heavy atom. The minimum atomic E-state index is 0.104. The molecule has 25 heavy (non-hydrogen) atoms. The van der Waals surface area contributed by atoms with Crippen LogP contribution in [0.4, 0.5) is 0 Å². The van der Waals surface area contributed by atoms with E-state index in [2.05, 4.69) is 60.2 Å². The maximum atomic E-state index is 4.73. The van der Waals surface area contributed by atoms with E-state index in [1.807, 2.05) is 7.05 Å². The first-order chi connectivity index (χ1) is 11.8. The van der Waals surface area contributed by atoms with Gasteiger partial charge in [0.1, 0.15) is 5.01 Å². The van der Waals surface area contributed by atoms with Gasteiger partial charge in [0.25, 0.3) is 0 Å². The van der Waals surface area contributed by atoms with Crippen molar-refractivity contribution >= 4 is 17.3 Å². The lowest BCUT2D eigenvalue weighted by Crippen LogP contribution is -2.48. The molecular formula is C19H33N5S. The Morgan fingerprint density at radius 3 is 2.60 bits per heavy atom. The van der Waals surface area contributed by atoms with Crippen molar-refractivity contribution in [2.45, 2.75) is 58.5 Å². The SMILES string of the molecule is C=C(C)CN1CCC(NC(=NC)NCc2nc(C(C)(C)C)cs2)CC1. The standard InChI is InChI=1S/C19H33N5S/c1-14(2)12-24-9-7-15(8-10-24)22-18(20-6)21-11-17-23-16(13-25-17)19(3,4)5/h13,15H,1,7-12H2,2-6H3,(H2,20,21,22). The van der Waals surface area contributed by atoms with Gasteiger partial charge in [-0.05, 0) is 19.8 Å². The molecular weight excluding hydrogens is 330 g/mol. The summed E-state index contributed by atoms with van der Waals surface area (Å²) >= 11 is 1.71. The van der Waals surface area contributed by atoms with E-state index in [0.717, 1.165) is 55.7 Å². The topological polar surface area (TPSA) is 52.5 Å². The molecule has 6 heteroatoms. The van der Waals surface area contributed by atoms with Gasteiger partial charge in [-0.25, -0.2) is 4.98 Å². The molecule has 140 valence electrons. The molecule has 0 unspecified atom stereocenters. The summed E-state index contributed by atoms with van der Waals surface area (Å²) in [5.74, 6) is 0.867. The van der Waals surface area contributed by atoms with Gasteiger partial charge in [0, 0.05) is 43.5 Å². The molecule has 0 aromatic carbocycles. The van der Waals surface area contributed by atoms with E-state index in [1.54, 1.807) is 11.3 Å². The van der Waals surface area contributed by atoms with Gasteiger partial charge in [0.2, 0.25) is 0 Å². The third-order valence-corrected chi connectivity index (χ3v) is 5.22. The van der Waals surface area contributed by atoms with E-state index in [0.29, 0.717) is 6.04 Å². The number of hydrogen-bond acceptors (Lipinski definition) is 4. The van der Waals surface area contributed by atoms with Crippen LogP contribution in [-0.4, -0.2) is 48.6 Å². The highest BCUT2D eigenvalue weighted by atomic mass is 32.1. The average molecular weight is 364 g/mol. The average Bonchev–Trinajstić information content (AvgIpc) is 3.02. The van der Waals surface area contributed by atoms with Crippen LogP contribution in [0, 0.1) is 0 Å². The fraction of sp³-hybridized carbons (Fsp3) is 0.684. The molecule has 2 heterocycles. The monoisotopic (exact) mass is 363 g/mol. The van der Waals surface area contributed by atoms with E-state index in [1.165, 1.54) is 5.57 Å². The molecule has 0 amide bonds. The number of likely N-dealkylation sites (tertiary alicyclic amines) is 1. The molecule has 2 rings (SSSR count). The molecule has 0 atom stereocenters. The molecule has 1 fully saturated rings. The van der Waals surface area contributed by atoms with Crippen LogP contribution in [0.2, 0.25) is 0 Å². The molecule has 0 radical (unpaired) electrons. The van der Waals surface area contributed by atoms with Crippen molar-refractivity contribution < 1.29 is 0 Å². The Kier molecular flexibility index (Phi) is 7.02. The molecule has 1 aliphatic heterocycles. The largest absolute Gasteiger partial charge is 0.354 e. The van der Waals surface area contributed by atoms with Crippen LogP contribution in [0.25, 0.3) is 0 Å². The van der Waals surface area contributed by atoms with Gasteiger partial charge in [-0.15, -0.1) is 11.3 Å². The Labute approximate surface area is 156 Å². The van der Waals surface area contributed by atoms with Gasteiger partial charge in [-0.1, -0.05) is 32.9 Å². The van der Waals surface area contributed by atoms with E-state index in [9.17, 15) is 0 Å². The summed E-state index contributed by atoms with van der Waals surface area (Å²) < 4.78 is 0. The van der Waals surface area contributed by atoms with Gasteiger partial charge >= 0.3 is 0 Å². The number of nitrogens with one attached hydrogen (secondary N) is 2. The molecule has 1 aliphatic rings. The molecule has 5 nitrogen and oxygen atoms in total. The van der Waals surface area contributed by atoms with E-state index in [4.69, 9.17) is 4.98 Å². The Balaban J connectivity index is 1.78. The third-order valence-electron chi connectivity index (χ3n) is 4.37. The fourth-order valence-electron chi connectivity index (χ4n) is 2.90. The van der Waals surface area contributed by atoms with Gasteiger partial charge in [-0.3, -0.25) is 9.89 Å². The van der Waals surface area contributed by atoms with Crippen molar-refractivity contribution in [3.63, 3.8) is 0 Å². The van der Waals surface area contributed by atoms with E-state index < -0.39 is 0 Å². The Morgan fingerprint density at radius 1 is 1.40 bits per heavy atom. The second-order valence-electron chi connectivity index (χ2n) is 7.95. The summed E-state index contributed by atoms with van der Waals surface area (Å²) in [6, 6.07) is 0.481. The molecule has 0 aliphatic carbocycles. The van der Waals surface area contributed by atoms with Gasteiger partial charge in [0.05, 0.1) is 12.2 Å². The second kappa shape index (κ2) is 8.81. The number of piperidine rings is 1. The van der Waals surface area contributed by atoms with Crippen LogP contribution >= 0.6 is 11.3 Å². The lowest BCUT2D eigenvalue weighted by atomic mass is 9.93. The number of nitrogens with zero attached hydrogens (tertiary/aromatic N) is 3. The van der Waals surface area contributed by atoms with Crippen molar-refractivity contribution in [2.24, 2.45) is 4.99 Å². The summed E-state index contributed by atoms with van der Waals surface area (Å²) in [6.45, 7) is 16.6. The first-order valence-electron chi connectivity index (χ1n) is 9.06. The number of aliphatic imine (C=N–C) groups is 1. The first-order valence-corrected chi connectivity index (χ1v) is 9.94. The molecule has 1 aromatic rings. The zero-order valence-electron chi connectivity index (χ0n) is 16.4. The van der Waals surface area contributed by atoms with Crippen LogP contribution in [-0.2, 0) is 12.0 Å². The third kappa shape index (κ3) is 6.44. The number of thiazole rings is 1. The second-order valence-corrected chi connectivity index (χ2v) is 8.90. The summed E-state index contributed by atoms with van der Waals surface area (Å²) in [4.78, 5) is 11.6. The lowest BCUT2D eigenvalue weighted by Gasteiger charge is -2.33. The van der Waals surface area contributed by atoms with Crippen LogP contribution in [0.5, 0.6) is 0 Å². The van der Waals surface area contributed by atoms with E-state index >= 15 is 0 Å². The highest BCUT2D eigenvalue weighted by Gasteiger charge is 2.20. The minimum Gasteiger partial charge on any atom is -0.354 e. The van der Waals surface area contributed by atoms with Crippen molar-refractivity contribution in [1.82, 2.24) is 20.5 Å². The summed E-state index contributed by atoms with van der Waals surface area (Å²) in [5.41, 5.74) is 2.50. The highest BCUT2D eigenvalue weighted by Crippen LogP contribution is 2.23. The van der Waals surface area contributed by atoms with Crippen LogP contribution < -0.4 is 10.6 Å². The molecule has 0 bridgehead atoms. The smallest absolute Gasteiger partial charge is 0.191 e. The number of rotatable bonds is 5. The lowest BCUT2D eigenvalue weighted by molar-refractivity contribution is 0.221. The van der Waals surface area contributed by atoms with Crippen LogP contribution in [0.15, 0.2) is 22.5 Å². The highest BCUT2D eigenvalue weighted by molar-refractivity contribution is 7.09. The van der Waals surface area contributed by atoms with Gasteiger partial charge in [0.15, 0.2) is 5.96 Å². The maximum absolute atomic E-state index is 4.73. The quantitative estimate of drug-likeness (QED) is 0.479. The van der Waals surface area contributed by atoms with Crippen LogP contribution in [0.1, 0.15) is 51.2 Å². The first kappa shape index (κ1) is 19.9. The fourth-order valence-corrected chi connectivity index (χ4v) is 3.86. The summed E-state index contributed by atoms with van der Waals surface area (Å²) in [7, 11) is 1.83. The summed E-state index contributed by atoms with van der Waals surface area (Å²) in [6.07, 6.45) is 2.28. The zero-order valence-corrected chi connectivity index (χ0v) is 17.2. The molecule has 0 saturated carbocycles. The zero-order chi connectivity index (χ0) is 18.4. The van der Waals surface area contributed by atoms with Crippen LogP contribution in [0.3, 0.4) is 0 Å². The Bertz CT molecular complexity index is 591. The minimum absolute atomic E-state index is 0.104. The van der Waals surface area contributed by atoms with Crippen molar-refractivity contribution in [3.8, 4) is 0 Å². The number of hydrogen-bond donors (Lipinski definition) is 2. The predicted octanol–water partition coefficient (Wildman–Crippen LogP) is 3.15. The maximum Gasteiger partial charge on any atom is 0.191 e. The molecule has 1 aromatic heterocycles.